The Hall–Kier alpha value is -2.11. The topological polar surface area (TPSA) is 48.3 Å². The maximum absolute atomic E-state index is 5.90. The van der Waals surface area contributed by atoms with Gasteiger partial charge in [-0.15, -0.1) is 0 Å². The number of para-hydroxylation sites is 1. The summed E-state index contributed by atoms with van der Waals surface area (Å²) in [5.74, 6) is 2.63. The van der Waals surface area contributed by atoms with Gasteiger partial charge in [-0.05, 0) is 50.4 Å². The van der Waals surface area contributed by atoms with E-state index >= 15 is 0 Å². The first kappa shape index (κ1) is 19.6. The molecule has 0 radical (unpaired) electrons. The fourth-order valence-electron chi connectivity index (χ4n) is 3.46. The standard InChI is InChI=1S/C22H31N3O2/c1-3-20-21(12-15-27-19-8-6-5-7-9-19)25(22(24-20)16-23-4-2)17-18-10-13-26-14-11-18/h3,5-9,12,18,23H,4,10-11,13-17H2,1-2H3/b20-3+,21-12+. The summed E-state index contributed by atoms with van der Waals surface area (Å²) in [6.07, 6.45) is 6.47. The van der Waals surface area contributed by atoms with Crippen LogP contribution in [0.25, 0.3) is 12.2 Å². The van der Waals surface area contributed by atoms with Gasteiger partial charge in [-0.25, -0.2) is 4.98 Å². The molecule has 0 amide bonds. The van der Waals surface area contributed by atoms with Gasteiger partial charge < -0.3 is 19.4 Å². The van der Waals surface area contributed by atoms with Gasteiger partial charge in [0.25, 0.3) is 0 Å². The van der Waals surface area contributed by atoms with Crippen LogP contribution in [0.3, 0.4) is 0 Å². The van der Waals surface area contributed by atoms with Crippen LogP contribution >= 0.6 is 0 Å². The number of nitrogens with one attached hydrogen (secondary N) is 1. The number of benzene rings is 1. The fourth-order valence-corrected chi connectivity index (χ4v) is 3.46. The highest BCUT2D eigenvalue weighted by Crippen LogP contribution is 2.16. The number of aromatic nitrogens is 2. The molecule has 3 rings (SSSR count). The Bertz CT molecular complexity index is 808. The van der Waals surface area contributed by atoms with Gasteiger partial charge in [0, 0.05) is 19.8 Å². The molecule has 0 spiro atoms. The largest absolute Gasteiger partial charge is 0.489 e. The minimum Gasteiger partial charge on any atom is -0.489 e. The zero-order valence-corrected chi connectivity index (χ0v) is 16.5. The smallest absolute Gasteiger partial charge is 0.123 e. The average Bonchev–Trinajstić information content (AvgIpc) is 3.04. The van der Waals surface area contributed by atoms with Crippen molar-refractivity contribution in [3.8, 4) is 5.75 Å². The maximum atomic E-state index is 5.90. The molecule has 0 bridgehead atoms. The summed E-state index contributed by atoms with van der Waals surface area (Å²) < 4.78 is 13.8. The summed E-state index contributed by atoms with van der Waals surface area (Å²) in [5.41, 5.74) is 0. The number of rotatable bonds is 8. The third-order valence-electron chi connectivity index (χ3n) is 4.97. The highest BCUT2D eigenvalue weighted by molar-refractivity contribution is 5.29. The molecule has 2 aromatic rings. The molecule has 5 heteroatoms. The van der Waals surface area contributed by atoms with Crippen LogP contribution < -0.4 is 20.8 Å². The normalized spacial score (nSPS) is 16.8. The molecule has 0 saturated carbocycles. The Morgan fingerprint density at radius 2 is 2.04 bits per heavy atom. The first-order valence-electron chi connectivity index (χ1n) is 10.00. The molecule has 1 aliphatic rings. The molecular weight excluding hydrogens is 338 g/mol. The monoisotopic (exact) mass is 369 g/mol. The summed E-state index contributed by atoms with van der Waals surface area (Å²) in [6, 6.07) is 9.94. The van der Waals surface area contributed by atoms with E-state index in [1.807, 2.05) is 37.3 Å². The van der Waals surface area contributed by atoms with Crippen LogP contribution in [0.5, 0.6) is 5.75 Å². The van der Waals surface area contributed by atoms with Gasteiger partial charge in [-0.3, -0.25) is 0 Å². The number of nitrogens with zero attached hydrogens (tertiary/aromatic N) is 2. The number of imidazole rings is 1. The third-order valence-corrected chi connectivity index (χ3v) is 4.97. The van der Waals surface area contributed by atoms with Crippen molar-refractivity contribution in [3.05, 3.63) is 46.9 Å². The number of ether oxygens (including phenoxy) is 2. The predicted molar refractivity (Wildman–Crippen MR) is 109 cm³/mol. The van der Waals surface area contributed by atoms with Gasteiger partial charge in [0.05, 0.1) is 17.2 Å². The zero-order valence-electron chi connectivity index (χ0n) is 16.5. The van der Waals surface area contributed by atoms with E-state index in [9.17, 15) is 0 Å². The Morgan fingerprint density at radius 1 is 1.26 bits per heavy atom. The van der Waals surface area contributed by atoms with Crippen LogP contribution in [0.4, 0.5) is 0 Å². The SMILES string of the molecule is C/C=c1/nc(CNCC)n(CC2CCOCC2)/c1=C/COc1ccccc1. The van der Waals surface area contributed by atoms with Crippen LogP contribution in [0.15, 0.2) is 30.3 Å². The molecule has 27 heavy (non-hydrogen) atoms. The van der Waals surface area contributed by atoms with E-state index in [-0.39, 0.29) is 0 Å². The Kier molecular flexibility index (Phi) is 7.48. The van der Waals surface area contributed by atoms with Crippen molar-refractivity contribution in [1.82, 2.24) is 14.9 Å². The number of hydrogen-bond donors (Lipinski definition) is 1. The average molecular weight is 370 g/mol. The summed E-state index contributed by atoms with van der Waals surface area (Å²) in [4.78, 5) is 4.88. The second kappa shape index (κ2) is 10.3. The second-order valence-corrected chi connectivity index (χ2v) is 6.86. The Labute approximate surface area is 161 Å². The van der Waals surface area contributed by atoms with E-state index in [4.69, 9.17) is 14.5 Å². The van der Waals surface area contributed by atoms with Crippen LogP contribution in [-0.4, -0.2) is 35.9 Å². The molecule has 1 aliphatic heterocycles. The van der Waals surface area contributed by atoms with Crippen molar-refractivity contribution in [2.45, 2.75) is 39.8 Å². The summed E-state index contributed by atoms with van der Waals surface area (Å²) in [5, 5.41) is 5.62. The second-order valence-electron chi connectivity index (χ2n) is 6.86. The highest BCUT2D eigenvalue weighted by Gasteiger charge is 2.17. The summed E-state index contributed by atoms with van der Waals surface area (Å²) >= 11 is 0. The maximum Gasteiger partial charge on any atom is 0.123 e. The quantitative estimate of drug-likeness (QED) is 0.774. The first-order chi connectivity index (χ1) is 13.3. The Morgan fingerprint density at radius 3 is 2.74 bits per heavy atom. The van der Waals surface area contributed by atoms with Gasteiger partial charge >= 0.3 is 0 Å². The Balaban J connectivity index is 1.86. The van der Waals surface area contributed by atoms with E-state index in [0.29, 0.717) is 12.5 Å². The summed E-state index contributed by atoms with van der Waals surface area (Å²) in [7, 11) is 0. The lowest BCUT2D eigenvalue weighted by Gasteiger charge is -2.23. The van der Waals surface area contributed by atoms with Crippen LogP contribution in [0, 0.1) is 5.92 Å². The minimum absolute atomic E-state index is 0.533. The van der Waals surface area contributed by atoms with Crippen molar-refractivity contribution in [3.63, 3.8) is 0 Å². The predicted octanol–water partition coefficient (Wildman–Crippen LogP) is 2.08. The van der Waals surface area contributed by atoms with Crippen molar-refractivity contribution in [1.29, 1.82) is 0 Å². The third kappa shape index (κ3) is 5.44. The van der Waals surface area contributed by atoms with Crippen molar-refractivity contribution < 1.29 is 9.47 Å². The van der Waals surface area contributed by atoms with Gasteiger partial charge in [0.15, 0.2) is 0 Å². The van der Waals surface area contributed by atoms with E-state index in [1.54, 1.807) is 0 Å². The molecule has 0 aliphatic carbocycles. The number of hydrogen-bond acceptors (Lipinski definition) is 4. The molecule has 1 aromatic heterocycles. The molecule has 1 N–H and O–H groups in total. The molecule has 2 heterocycles. The molecule has 1 fully saturated rings. The van der Waals surface area contributed by atoms with Gasteiger partial charge in [0.1, 0.15) is 18.2 Å². The van der Waals surface area contributed by atoms with E-state index in [1.165, 1.54) is 0 Å². The fraction of sp³-hybridized carbons (Fsp3) is 0.500. The van der Waals surface area contributed by atoms with Crippen LogP contribution in [-0.2, 0) is 17.8 Å². The lowest BCUT2D eigenvalue weighted by molar-refractivity contribution is 0.0607. The molecule has 146 valence electrons. The van der Waals surface area contributed by atoms with Crippen LogP contribution in [0.2, 0.25) is 0 Å². The molecule has 1 aromatic carbocycles. The zero-order chi connectivity index (χ0) is 18.9. The van der Waals surface area contributed by atoms with E-state index < -0.39 is 0 Å². The van der Waals surface area contributed by atoms with Gasteiger partial charge in [0.2, 0.25) is 0 Å². The lowest BCUT2D eigenvalue weighted by Crippen LogP contribution is -2.34. The van der Waals surface area contributed by atoms with Gasteiger partial charge in [-0.1, -0.05) is 31.2 Å². The van der Waals surface area contributed by atoms with Crippen molar-refractivity contribution in [2.24, 2.45) is 5.92 Å². The molecule has 5 nitrogen and oxygen atoms in total. The molecule has 0 unspecified atom stereocenters. The van der Waals surface area contributed by atoms with E-state index in [2.05, 4.69) is 29.0 Å². The highest BCUT2D eigenvalue weighted by atomic mass is 16.5. The van der Waals surface area contributed by atoms with Crippen molar-refractivity contribution >= 4 is 12.2 Å². The molecule has 0 atom stereocenters. The summed E-state index contributed by atoms with van der Waals surface area (Å²) in [6.45, 7) is 9.15. The molecule has 1 saturated heterocycles. The first-order valence-corrected chi connectivity index (χ1v) is 10.00. The molecular formula is C22H31N3O2. The van der Waals surface area contributed by atoms with E-state index in [0.717, 1.165) is 68.0 Å². The van der Waals surface area contributed by atoms with Crippen LogP contribution in [0.1, 0.15) is 32.5 Å². The van der Waals surface area contributed by atoms with Gasteiger partial charge in [-0.2, -0.15) is 0 Å². The lowest BCUT2D eigenvalue weighted by atomic mass is 10.0. The minimum atomic E-state index is 0.533. The van der Waals surface area contributed by atoms with Crippen molar-refractivity contribution in [2.75, 3.05) is 26.4 Å².